The molecule has 0 radical (unpaired) electrons. The van der Waals surface area contributed by atoms with Crippen LogP contribution in [0, 0.1) is 0 Å². The average Bonchev–Trinajstić information content (AvgIpc) is 2.53. The monoisotopic (exact) mass is 291 g/mol. The lowest BCUT2D eigenvalue weighted by atomic mass is 10.1. The van der Waals surface area contributed by atoms with Crippen LogP contribution in [0.1, 0.15) is 31.7 Å². The van der Waals surface area contributed by atoms with Gasteiger partial charge in [-0.25, -0.2) is 0 Å². The molecule has 4 heteroatoms. The third-order valence-electron chi connectivity index (χ3n) is 3.21. The van der Waals surface area contributed by atoms with Crippen LogP contribution in [0.5, 0.6) is 0 Å². The molecular weight excluding hydrogens is 262 g/mol. The molecule has 0 heterocycles. The minimum atomic E-state index is 0.804. The predicted molar refractivity (Wildman–Crippen MR) is 89.9 cm³/mol. The van der Waals surface area contributed by atoms with Crippen LogP contribution in [0.4, 0.5) is 0 Å². The van der Waals surface area contributed by atoms with Crippen LogP contribution >= 0.6 is 0 Å². The van der Waals surface area contributed by atoms with E-state index in [-0.39, 0.29) is 0 Å². The molecule has 21 heavy (non-hydrogen) atoms. The topological polar surface area (TPSA) is 45.6 Å². The number of rotatable bonds is 10. The van der Waals surface area contributed by atoms with E-state index in [2.05, 4.69) is 46.0 Å². The number of ether oxygens (including phenoxy) is 1. The van der Waals surface area contributed by atoms with Gasteiger partial charge in [0.1, 0.15) is 0 Å². The van der Waals surface area contributed by atoms with Crippen LogP contribution in [0.25, 0.3) is 0 Å². The Hall–Kier alpha value is -1.55. The zero-order valence-corrected chi connectivity index (χ0v) is 13.4. The quantitative estimate of drug-likeness (QED) is 0.396. The number of aryl methyl sites for hydroxylation is 1. The molecule has 0 aliphatic carbocycles. The Morgan fingerprint density at radius 2 is 1.76 bits per heavy atom. The lowest BCUT2D eigenvalue weighted by Crippen LogP contribution is -2.38. The fourth-order valence-electron chi connectivity index (χ4n) is 2.04. The third kappa shape index (κ3) is 9.08. The Morgan fingerprint density at radius 1 is 1.05 bits per heavy atom. The first-order valence-corrected chi connectivity index (χ1v) is 7.93. The third-order valence-corrected chi connectivity index (χ3v) is 3.21. The van der Waals surface area contributed by atoms with Gasteiger partial charge in [-0.05, 0) is 38.2 Å². The molecule has 4 nitrogen and oxygen atoms in total. The highest BCUT2D eigenvalue weighted by Gasteiger charge is 1.97. The summed E-state index contributed by atoms with van der Waals surface area (Å²) in [6.45, 7) is 5.55. The van der Waals surface area contributed by atoms with E-state index in [4.69, 9.17) is 4.74 Å². The Kier molecular flexibility index (Phi) is 10.2. The Labute approximate surface area is 129 Å². The molecule has 1 rings (SSSR count). The Bertz CT molecular complexity index is 379. The number of benzene rings is 1. The van der Waals surface area contributed by atoms with Crippen LogP contribution in [0.15, 0.2) is 35.3 Å². The van der Waals surface area contributed by atoms with E-state index in [1.807, 2.05) is 14.0 Å². The maximum atomic E-state index is 5.31. The molecule has 118 valence electrons. The molecule has 2 N–H and O–H groups in total. The summed E-state index contributed by atoms with van der Waals surface area (Å²) < 4.78 is 5.31. The van der Waals surface area contributed by atoms with Gasteiger partial charge in [-0.3, -0.25) is 4.99 Å². The second kappa shape index (κ2) is 12.2. The van der Waals surface area contributed by atoms with Crippen molar-refractivity contribution in [3.8, 4) is 0 Å². The van der Waals surface area contributed by atoms with Gasteiger partial charge >= 0.3 is 0 Å². The summed E-state index contributed by atoms with van der Waals surface area (Å²) in [6, 6.07) is 10.6. The van der Waals surface area contributed by atoms with Gasteiger partial charge in [0, 0.05) is 33.4 Å². The van der Waals surface area contributed by atoms with Gasteiger partial charge < -0.3 is 15.4 Å². The maximum absolute atomic E-state index is 5.31. The molecule has 0 amide bonds. The molecule has 1 aromatic rings. The number of hydrogen-bond donors (Lipinski definition) is 2. The predicted octanol–water partition coefficient (Wildman–Crippen LogP) is 2.60. The lowest BCUT2D eigenvalue weighted by Gasteiger charge is -2.11. The van der Waals surface area contributed by atoms with Crippen molar-refractivity contribution >= 4 is 5.96 Å². The van der Waals surface area contributed by atoms with Crippen molar-refractivity contribution in [2.45, 2.75) is 32.6 Å². The average molecular weight is 291 g/mol. The molecular formula is C17H29N3O. The van der Waals surface area contributed by atoms with Crippen molar-refractivity contribution < 1.29 is 4.74 Å². The summed E-state index contributed by atoms with van der Waals surface area (Å²) >= 11 is 0. The van der Waals surface area contributed by atoms with E-state index in [1.165, 1.54) is 5.56 Å². The van der Waals surface area contributed by atoms with Gasteiger partial charge in [-0.15, -0.1) is 0 Å². The molecule has 1 aromatic carbocycles. The van der Waals surface area contributed by atoms with Gasteiger partial charge in [0.05, 0.1) is 0 Å². The van der Waals surface area contributed by atoms with E-state index in [0.717, 1.165) is 57.9 Å². The standard InChI is InChI=1S/C17H29N3O/c1-3-21-15-8-7-13-19-17(18-2)20-14-9-12-16-10-5-4-6-11-16/h4-6,10-11H,3,7-9,12-15H2,1-2H3,(H2,18,19,20). The molecule has 0 aliphatic heterocycles. The van der Waals surface area contributed by atoms with E-state index in [1.54, 1.807) is 0 Å². The number of guanidine groups is 1. The zero-order chi connectivity index (χ0) is 15.2. The zero-order valence-electron chi connectivity index (χ0n) is 13.4. The van der Waals surface area contributed by atoms with Crippen molar-refractivity contribution in [3.05, 3.63) is 35.9 Å². The van der Waals surface area contributed by atoms with E-state index < -0.39 is 0 Å². The molecule has 0 bridgehead atoms. The van der Waals surface area contributed by atoms with E-state index >= 15 is 0 Å². The number of hydrogen-bond acceptors (Lipinski definition) is 2. The molecule has 0 atom stereocenters. The molecule has 0 saturated heterocycles. The Balaban J connectivity index is 2.03. The molecule has 0 aromatic heterocycles. The maximum Gasteiger partial charge on any atom is 0.190 e. The van der Waals surface area contributed by atoms with Gasteiger partial charge in [-0.2, -0.15) is 0 Å². The van der Waals surface area contributed by atoms with Crippen molar-refractivity contribution in [3.63, 3.8) is 0 Å². The van der Waals surface area contributed by atoms with Crippen LogP contribution in [-0.2, 0) is 11.2 Å². The molecule has 0 saturated carbocycles. The number of aliphatic imine (C=N–C) groups is 1. The van der Waals surface area contributed by atoms with Gasteiger partial charge in [0.15, 0.2) is 5.96 Å². The summed E-state index contributed by atoms with van der Waals surface area (Å²) in [7, 11) is 1.81. The number of unbranched alkanes of at least 4 members (excludes halogenated alkanes) is 1. The fraction of sp³-hybridized carbons (Fsp3) is 0.588. The summed E-state index contributed by atoms with van der Waals surface area (Å²) in [6.07, 6.45) is 4.39. The van der Waals surface area contributed by atoms with Gasteiger partial charge in [0.2, 0.25) is 0 Å². The molecule has 0 aliphatic rings. The smallest absolute Gasteiger partial charge is 0.190 e. The van der Waals surface area contributed by atoms with Crippen molar-refractivity contribution in [2.75, 3.05) is 33.4 Å². The lowest BCUT2D eigenvalue weighted by molar-refractivity contribution is 0.143. The minimum Gasteiger partial charge on any atom is -0.382 e. The number of nitrogens with one attached hydrogen (secondary N) is 2. The summed E-state index contributed by atoms with van der Waals surface area (Å²) in [5.41, 5.74) is 1.39. The first kappa shape index (κ1) is 17.5. The largest absolute Gasteiger partial charge is 0.382 e. The molecule has 0 unspecified atom stereocenters. The van der Waals surface area contributed by atoms with Gasteiger partial charge in [-0.1, -0.05) is 30.3 Å². The Morgan fingerprint density at radius 3 is 2.43 bits per heavy atom. The first-order chi connectivity index (χ1) is 10.4. The second-order valence-corrected chi connectivity index (χ2v) is 4.92. The van der Waals surface area contributed by atoms with Crippen molar-refractivity contribution in [1.82, 2.24) is 10.6 Å². The van der Waals surface area contributed by atoms with Crippen LogP contribution in [0.3, 0.4) is 0 Å². The fourth-order valence-corrected chi connectivity index (χ4v) is 2.04. The highest BCUT2D eigenvalue weighted by atomic mass is 16.5. The number of nitrogens with zero attached hydrogens (tertiary/aromatic N) is 1. The molecule has 0 spiro atoms. The van der Waals surface area contributed by atoms with Crippen LogP contribution in [-0.4, -0.2) is 39.3 Å². The second-order valence-electron chi connectivity index (χ2n) is 4.92. The van der Waals surface area contributed by atoms with Crippen molar-refractivity contribution in [2.24, 2.45) is 4.99 Å². The van der Waals surface area contributed by atoms with Crippen molar-refractivity contribution in [1.29, 1.82) is 0 Å². The van der Waals surface area contributed by atoms with Crippen LogP contribution in [0.2, 0.25) is 0 Å². The normalized spacial score (nSPS) is 11.4. The summed E-state index contributed by atoms with van der Waals surface area (Å²) in [5.74, 6) is 0.888. The SMILES string of the molecule is CCOCCCCNC(=NC)NCCCc1ccccc1. The highest BCUT2D eigenvalue weighted by Crippen LogP contribution is 2.01. The van der Waals surface area contributed by atoms with Gasteiger partial charge in [0.25, 0.3) is 0 Å². The summed E-state index contributed by atoms with van der Waals surface area (Å²) in [4.78, 5) is 4.23. The van der Waals surface area contributed by atoms with E-state index in [0.29, 0.717) is 0 Å². The van der Waals surface area contributed by atoms with Crippen LogP contribution < -0.4 is 10.6 Å². The summed E-state index contributed by atoms with van der Waals surface area (Å²) in [5, 5.41) is 6.68. The minimum absolute atomic E-state index is 0.804. The first-order valence-electron chi connectivity index (χ1n) is 7.93. The van der Waals surface area contributed by atoms with E-state index in [9.17, 15) is 0 Å². The highest BCUT2D eigenvalue weighted by molar-refractivity contribution is 5.79. The molecule has 0 fully saturated rings.